The number of nitrogens with one attached hydrogen (secondary N) is 1. The molecule has 0 spiro atoms. The zero-order chi connectivity index (χ0) is 20.1. The number of carbonyl (C=O) groups excluding carboxylic acids is 1. The van der Waals surface area contributed by atoms with Gasteiger partial charge in [0.05, 0.1) is 6.04 Å². The molecule has 0 saturated carbocycles. The molecule has 5 nitrogen and oxygen atoms in total. The van der Waals surface area contributed by atoms with Crippen molar-refractivity contribution in [2.24, 2.45) is 0 Å². The monoisotopic (exact) mass is 386 g/mol. The summed E-state index contributed by atoms with van der Waals surface area (Å²) < 4.78 is 0. The van der Waals surface area contributed by atoms with Crippen molar-refractivity contribution >= 4 is 17.4 Å². The van der Waals surface area contributed by atoms with E-state index in [1.54, 1.807) is 12.1 Å². The minimum Gasteiger partial charge on any atom is -0.399 e. The van der Waals surface area contributed by atoms with Crippen molar-refractivity contribution < 1.29 is 4.79 Å². The molecule has 1 heterocycles. The van der Waals surface area contributed by atoms with Crippen LogP contribution in [0.25, 0.3) is 0 Å². The molecular formula is C24H26N4O. The minimum atomic E-state index is -0.0645. The number of benzene rings is 3. The molecule has 0 atom stereocenters. The molecule has 0 aliphatic carbocycles. The topological polar surface area (TPSA) is 61.6 Å². The van der Waals surface area contributed by atoms with E-state index in [-0.39, 0.29) is 12.1 Å². The van der Waals surface area contributed by atoms with Crippen LogP contribution < -0.4 is 11.1 Å². The lowest BCUT2D eigenvalue weighted by Crippen LogP contribution is -2.51. The standard InChI is InChI=1S/C24H26N4O/c25-21-11-13-22(14-12-21)26-24(29)28-17-15-27(16-18-28)23(19-7-3-1-4-8-19)20-9-5-2-6-10-20/h1-14,23H,15-18,25H2,(H,26,29). The predicted octanol–water partition coefficient (Wildman–Crippen LogP) is 4.21. The number of amides is 2. The Kier molecular flexibility index (Phi) is 5.77. The zero-order valence-electron chi connectivity index (χ0n) is 16.4. The Labute approximate surface area is 171 Å². The van der Waals surface area contributed by atoms with Crippen LogP contribution in [0.4, 0.5) is 16.2 Å². The lowest BCUT2D eigenvalue weighted by Gasteiger charge is -2.39. The van der Waals surface area contributed by atoms with Gasteiger partial charge in [-0.3, -0.25) is 4.90 Å². The summed E-state index contributed by atoms with van der Waals surface area (Å²) in [5.74, 6) is 0. The van der Waals surface area contributed by atoms with Crippen molar-refractivity contribution in [2.75, 3.05) is 37.2 Å². The van der Waals surface area contributed by atoms with Crippen LogP contribution in [0.15, 0.2) is 84.9 Å². The molecule has 0 unspecified atom stereocenters. The fourth-order valence-corrected chi connectivity index (χ4v) is 3.84. The molecule has 1 aliphatic rings. The Bertz CT molecular complexity index is 881. The number of urea groups is 1. The molecule has 29 heavy (non-hydrogen) atoms. The van der Waals surface area contributed by atoms with Crippen molar-refractivity contribution in [3.63, 3.8) is 0 Å². The average Bonchev–Trinajstić information content (AvgIpc) is 2.77. The number of nitrogens with two attached hydrogens (primary N) is 1. The van der Waals surface area contributed by atoms with Crippen LogP contribution in [0.3, 0.4) is 0 Å². The Morgan fingerprint density at radius 3 is 1.79 bits per heavy atom. The molecule has 4 rings (SSSR count). The van der Waals surface area contributed by atoms with Gasteiger partial charge in [0.1, 0.15) is 0 Å². The second-order valence-electron chi connectivity index (χ2n) is 7.30. The maximum atomic E-state index is 12.6. The fourth-order valence-electron chi connectivity index (χ4n) is 3.84. The van der Waals surface area contributed by atoms with Crippen molar-refractivity contribution in [1.29, 1.82) is 0 Å². The molecule has 148 valence electrons. The van der Waals surface area contributed by atoms with Gasteiger partial charge in [-0.15, -0.1) is 0 Å². The summed E-state index contributed by atoms with van der Waals surface area (Å²) in [6.07, 6.45) is 0. The highest BCUT2D eigenvalue weighted by molar-refractivity contribution is 5.89. The third kappa shape index (κ3) is 4.58. The largest absolute Gasteiger partial charge is 0.399 e. The zero-order valence-corrected chi connectivity index (χ0v) is 16.4. The van der Waals surface area contributed by atoms with Gasteiger partial charge in [0, 0.05) is 37.6 Å². The highest BCUT2D eigenvalue weighted by Gasteiger charge is 2.28. The maximum Gasteiger partial charge on any atom is 0.321 e. The SMILES string of the molecule is Nc1ccc(NC(=O)N2CCN(C(c3ccccc3)c3ccccc3)CC2)cc1. The van der Waals surface area contributed by atoms with Crippen LogP contribution in [0.1, 0.15) is 17.2 Å². The second-order valence-corrected chi connectivity index (χ2v) is 7.30. The van der Waals surface area contributed by atoms with Gasteiger partial charge in [0.15, 0.2) is 0 Å². The first-order chi connectivity index (χ1) is 14.2. The Balaban J connectivity index is 1.44. The van der Waals surface area contributed by atoms with Crippen molar-refractivity contribution in [1.82, 2.24) is 9.80 Å². The number of nitrogens with zero attached hydrogens (tertiary/aromatic N) is 2. The van der Waals surface area contributed by atoms with Gasteiger partial charge in [-0.25, -0.2) is 4.79 Å². The Morgan fingerprint density at radius 2 is 1.28 bits per heavy atom. The molecule has 3 aromatic carbocycles. The summed E-state index contributed by atoms with van der Waals surface area (Å²) in [4.78, 5) is 17.0. The average molecular weight is 386 g/mol. The van der Waals surface area contributed by atoms with Gasteiger partial charge in [-0.05, 0) is 35.4 Å². The van der Waals surface area contributed by atoms with Crippen molar-refractivity contribution in [3.05, 3.63) is 96.1 Å². The first-order valence-electron chi connectivity index (χ1n) is 9.96. The van der Waals surface area contributed by atoms with E-state index < -0.39 is 0 Å². The van der Waals surface area contributed by atoms with Crippen LogP contribution in [0, 0.1) is 0 Å². The van der Waals surface area contributed by atoms with E-state index in [2.05, 4.69) is 58.7 Å². The van der Waals surface area contributed by atoms with E-state index in [0.29, 0.717) is 18.8 Å². The van der Waals surface area contributed by atoms with Crippen LogP contribution in [-0.4, -0.2) is 42.0 Å². The third-order valence-corrected chi connectivity index (χ3v) is 5.36. The quantitative estimate of drug-likeness (QED) is 0.661. The lowest BCUT2D eigenvalue weighted by atomic mass is 9.96. The summed E-state index contributed by atoms with van der Waals surface area (Å²) in [6, 6.07) is 28.5. The van der Waals surface area contributed by atoms with Gasteiger partial charge < -0.3 is 16.0 Å². The number of nitrogen functional groups attached to an aromatic ring is 1. The molecule has 0 bridgehead atoms. The Morgan fingerprint density at radius 1 is 0.759 bits per heavy atom. The fraction of sp³-hybridized carbons (Fsp3) is 0.208. The molecule has 1 saturated heterocycles. The summed E-state index contributed by atoms with van der Waals surface area (Å²) in [5, 5.41) is 2.96. The number of hydrogen-bond acceptors (Lipinski definition) is 3. The van der Waals surface area contributed by atoms with E-state index >= 15 is 0 Å². The summed E-state index contributed by atoms with van der Waals surface area (Å²) in [5.41, 5.74) is 9.71. The van der Waals surface area contributed by atoms with Gasteiger partial charge >= 0.3 is 6.03 Å². The van der Waals surface area contributed by atoms with Crippen LogP contribution in [0.2, 0.25) is 0 Å². The molecule has 3 N–H and O–H groups in total. The first kappa shape index (κ1) is 19.0. The Hall–Kier alpha value is -3.31. The third-order valence-electron chi connectivity index (χ3n) is 5.36. The highest BCUT2D eigenvalue weighted by atomic mass is 16.2. The van der Waals surface area contributed by atoms with Gasteiger partial charge in [0.25, 0.3) is 0 Å². The lowest BCUT2D eigenvalue weighted by molar-refractivity contribution is 0.126. The molecule has 0 radical (unpaired) electrons. The molecule has 5 heteroatoms. The molecule has 1 fully saturated rings. The predicted molar refractivity (Wildman–Crippen MR) is 118 cm³/mol. The van der Waals surface area contributed by atoms with Crippen LogP contribution in [-0.2, 0) is 0 Å². The van der Waals surface area contributed by atoms with E-state index in [4.69, 9.17) is 5.73 Å². The number of piperazine rings is 1. The van der Waals surface area contributed by atoms with Crippen molar-refractivity contribution in [2.45, 2.75) is 6.04 Å². The maximum absolute atomic E-state index is 12.6. The van der Waals surface area contributed by atoms with Crippen LogP contribution >= 0.6 is 0 Å². The minimum absolute atomic E-state index is 0.0645. The molecule has 1 aliphatic heterocycles. The smallest absolute Gasteiger partial charge is 0.321 e. The molecule has 3 aromatic rings. The van der Waals surface area contributed by atoms with Crippen LogP contribution in [0.5, 0.6) is 0 Å². The van der Waals surface area contributed by atoms with E-state index in [1.807, 2.05) is 29.2 Å². The normalized spacial score (nSPS) is 14.7. The first-order valence-corrected chi connectivity index (χ1v) is 9.96. The van der Waals surface area contributed by atoms with Gasteiger partial charge in [0.2, 0.25) is 0 Å². The summed E-state index contributed by atoms with van der Waals surface area (Å²) >= 11 is 0. The number of rotatable bonds is 4. The second kappa shape index (κ2) is 8.80. The summed E-state index contributed by atoms with van der Waals surface area (Å²) in [7, 11) is 0. The van der Waals surface area contributed by atoms with E-state index in [1.165, 1.54) is 11.1 Å². The van der Waals surface area contributed by atoms with Crippen molar-refractivity contribution in [3.8, 4) is 0 Å². The molecular weight excluding hydrogens is 360 g/mol. The molecule has 2 amide bonds. The van der Waals surface area contributed by atoms with E-state index in [0.717, 1.165) is 18.8 Å². The molecule has 0 aromatic heterocycles. The van der Waals surface area contributed by atoms with E-state index in [9.17, 15) is 4.79 Å². The summed E-state index contributed by atoms with van der Waals surface area (Å²) in [6.45, 7) is 3.03. The number of anilines is 2. The number of carbonyl (C=O) groups is 1. The van der Waals surface area contributed by atoms with Gasteiger partial charge in [-0.1, -0.05) is 60.7 Å². The highest BCUT2D eigenvalue weighted by Crippen LogP contribution is 2.29. The van der Waals surface area contributed by atoms with Gasteiger partial charge in [-0.2, -0.15) is 0 Å². The number of hydrogen-bond donors (Lipinski definition) is 2.